The van der Waals surface area contributed by atoms with Crippen LogP contribution in [0, 0.1) is 23.3 Å². The van der Waals surface area contributed by atoms with Gasteiger partial charge in [-0.1, -0.05) is 13.0 Å². The van der Waals surface area contributed by atoms with Gasteiger partial charge in [0, 0.05) is 24.4 Å². The number of rotatable bonds is 5. The van der Waals surface area contributed by atoms with Gasteiger partial charge in [0.1, 0.15) is 5.66 Å². The van der Waals surface area contributed by atoms with E-state index in [1.54, 1.807) is 23.3 Å². The predicted octanol–water partition coefficient (Wildman–Crippen LogP) is 3.11. The molecule has 0 bridgehead atoms. The van der Waals surface area contributed by atoms with Crippen LogP contribution in [0.15, 0.2) is 30.5 Å². The zero-order valence-corrected chi connectivity index (χ0v) is 13.8. The van der Waals surface area contributed by atoms with E-state index < -0.39 is 34.5 Å². The first-order valence-corrected chi connectivity index (χ1v) is 7.74. The van der Waals surface area contributed by atoms with Gasteiger partial charge in [-0.25, -0.2) is 17.6 Å². The number of allylic oxidation sites excluding steroid dienone is 2. The van der Waals surface area contributed by atoms with E-state index in [9.17, 15) is 17.6 Å². The Morgan fingerprint density at radius 2 is 1.83 bits per heavy atom. The van der Waals surface area contributed by atoms with Crippen molar-refractivity contribution >= 4 is 17.3 Å². The molecule has 1 atom stereocenters. The summed E-state index contributed by atoms with van der Waals surface area (Å²) in [6.45, 7) is 1.98. The van der Waals surface area contributed by atoms with Gasteiger partial charge >= 0.3 is 0 Å². The molecule has 0 saturated heterocycles. The molecule has 0 fully saturated rings. The highest BCUT2D eigenvalue weighted by Gasteiger charge is 2.32. The second kappa shape index (κ2) is 7.21. The summed E-state index contributed by atoms with van der Waals surface area (Å²) in [5.41, 5.74) is 4.16. The molecule has 0 aliphatic carbocycles. The quantitative estimate of drug-likeness (QED) is 0.482. The molecule has 1 unspecified atom stereocenters. The largest absolute Gasteiger partial charge is 0.376 e. The first kappa shape index (κ1) is 18.3. The molecule has 3 nitrogen and oxygen atoms in total. The summed E-state index contributed by atoms with van der Waals surface area (Å²) in [4.78, 5) is 1.73. The molecule has 3 N–H and O–H groups in total. The zero-order valence-electron chi connectivity index (χ0n) is 13.0. The number of hydrogen-bond donors (Lipinski definition) is 2. The average molecular weight is 359 g/mol. The van der Waals surface area contributed by atoms with E-state index in [0.717, 1.165) is 0 Å². The van der Waals surface area contributed by atoms with Crippen molar-refractivity contribution in [2.24, 2.45) is 5.73 Å². The molecule has 130 valence electrons. The number of nitrogens with two attached hydrogens (primary N) is 1. The number of nitrogens with one attached hydrogen (secondary N) is 1. The molecule has 0 radical (unpaired) electrons. The number of thiocarbonyl (C=S) groups is 1. The molecular weight excluding hydrogens is 342 g/mol. The summed E-state index contributed by atoms with van der Waals surface area (Å²) in [7, 11) is 0. The van der Waals surface area contributed by atoms with Gasteiger partial charge in [0.05, 0.1) is 0 Å². The van der Waals surface area contributed by atoms with Gasteiger partial charge in [-0.2, -0.15) is 0 Å². The van der Waals surface area contributed by atoms with Crippen molar-refractivity contribution in [3.63, 3.8) is 0 Å². The molecule has 0 amide bonds. The van der Waals surface area contributed by atoms with E-state index in [0.29, 0.717) is 6.42 Å². The number of nitrogens with zero attached hydrogens (tertiary/aromatic N) is 1. The third kappa shape index (κ3) is 3.53. The Morgan fingerprint density at radius 3 is 2.38 bits per heavy atom. The molecule has 8 heteroatoms. The minimum atomic E-state index is -1.42. The van der Waals surface area contributed by atoms with E-state index in [4.69, 9.17) is 18.0 Å². The Labute approximate surface area is 142 Å². The van der Waals surface area contributed by atoms with Crippen LogP contribution in [0.4, 0.5) is 17.6 Å². The highest BCUT2D eigenvalue weighted by molar-refractivity contribution is 7.80. The molecule has 1 aromatic carbocycles. The van der Waals surface area contributed by atoms with Crippen molar-refractivity contribution < 1.29 is 17.6 Å². The maximum atomic E-state index is 13.8. The monoisotopic (exact) mass is 359 g/mol. The first-order chi connectivity index (χ1) is 11.3. The van der Waals surface area contributed by atoms with Crippen LogP contribution in [-0.4, -0.2) is 22.2 Å². The van der Waals surface area contributed by atoms with Gasteiger partial charge in [0.15, 0.2) is 28.4 Å². The van der Waals surface area contributed by atoms with Gasteiger partial charge in [-0.3, -0.25) is 0 Å². The van der Waals surface area contributed by atoms with Gasteiger partial charge < -0.3 is 16.0 Å². The molecule has 1 aliphatic rings. The van der Waals surface area contributed by atoms with Crippen molar-refractivity contribution in [2.45, 2.75) is 25.4 Å². The number of benzene rings is 1. The number of halogens is 4. The van der Waals surface area contributed by atoms with Gasteiger partial charge in [-0.15, -0.1) is 0 Å². The van der Waals surface area contributed by atoms with E-state index in [-0.39, 0.29) is 24.1 Å². The fraction of sp³-hybridized carbons (Fsp3) is 0.312. The second-order valence-electron chi connectivity index (χ2n) is 5.36. The van der Waals surface area contributed by atoms with E-state index in [2.05, 4.69) is 5.32 Å². The van der Waals surface area contributed by atoms with Crippen LogP contribution in [-0.2, 0) is 6.42 Å². The molecule has 2 rings (SSSR count). The minimum Gasteiger partial charge on any atom is -0.376 e. The van der Waals surface area contributed by atoms with Crippen LogP contribution < -0.4 is 11.1 Å². The fourth-order valence-corrected chi connectivity index (χ4v) is 2.86. The fourth-order valence-electron chi connectivity index (χ4n) is 2.68. The lowest BCUT2D eigenvalue weighted by atomic mass is 10.0. The van der Waals surface area contributed by atoms with Crippen molar-refractivity contribution in [3.8, 4) is 0 Å². The van der Waals surface area contributed by atoms with Crippen LogP contribution >= 0.6 is 12.2 Å². The molecule has 0 saturated carbocycles. The Hall–Kier alpha value is -2.09. The maximum absolute atomic E-state index is 13.8. The third-order valence-corrected chi connectivity index (χ3v) is 4.05. The lowest BCUT2D eigenvalue weighted by Gasteiger charge is -2.43. The smallest absolute Gasteiger partial charge is 0.165 e. The third-order valence-electron chi connectivity index (χ3n) is 3.95. The summed E-state index contributed by atoms with van der Waals surface area (Å²) in [5, 5.41) is 3.01. The number of hydrogen-bond acceptors (Lipinski definition) is 2. The van der Waals surface area contributed by atoms with Crippen molar-refractivity contribution in [1.29, 1.82) is 0 Å². The summed E-state index contributed by atoms with van der Waals surface area (Å²) >= 11 is 4.88. The summed E-state index contributed by atoms with van der Waals surface area (Å²) in [6, 6.07) is 0.197. The highest BCUT2D eigenvalue weighted by Crippen LogP contribution is 2.25. The van der Waals surface area contributed by atoms with E-state index >= 15 is 0 Å². The van der Waals surface area contributed by atoms with Crippen LogP contribution in [0.5, 0.6) is 0 Å². The van der Waals surface area contributed by atoms with Crippen molar-refractivity contribution in [1.82, 2.24) is 10.2 Å². The average Bonchev–Trinajstić information content (AvgIpc) is 2.54. The summed E-state index contributed by atoms with van der Waals surface area (Å²) < 4.78 is 54.2. The molecule has 1 aromatic rings. The maximum Gasteiger partial charge on any atom is 0.165 e. The lowest BCUT2D eigenvalue weighted by Crippen LogP contribution is -2.59. The van der Waals surface area contributed by atoms with Crippen LogP contribution in [0.2, 0.25) is 0 Å². The van der Waals surface area contributed by atoms with Crippen LogP contribution in [0.3, 0.4) is 0 Å². The van der Waals surface area contributed by atoms with Crippen LogP contribution in [0.25, 0.3) is 0 Å². The highest BCUT2D eigenvalue weighted by atomic mass is 32.1. The summed E-state index contributed by atoms with van der Waals surface area (Å²) in [5.74, 6) is -5.59. The molecule has 1 aliphatic heterocycles. The standard InChI is InChI=1S/C16H17F4N3S/c1-2-16(22-15(21)24)6-3-4-7-23(16)8-5-10-13(19)11(17)9-12(18)14(10)20/h3-4,6-7,9H,2,5,8H2,1H3,(H3,21,22,24). The van der Waals surface area contributed by atoms with Gasteiger partial charge in [-0.05, 0) is 37.2 Å². The summed E-state index contributed by atoms with van der Waals surface area (Å²) in [6.07, 6.45) is 7.34. The van der Waals surface area contributed by atoms with Gasteiger partial charge in [0.2, 0.25) is 0 Å². The van der Waals surface area contributed by atoms with Crippen molar-refractivity contribution in [3.05, 3.63) is 59.3 Å². The van der Waals surface area contributed by atoms with Crippen molar-refractivity contribution in [2.75, 3.05) is 6.54 Å². The Morgan fingerprint density at radius 1 is 1.21 bits per heavy atom. The Kier molecular flexibility index (Phi) is 5.48. The van der Waals surface area contributed by atoms with Crippen LogP contribution in [0.1, 0.15) is 18.9 Å². The van der Waals surface area contributed by atoms with E-state index in [1.807, 2.05) is 13.0 Å². The normalized spacial score (nSPS) is 19.6. The molecular formula is C16H17F4N3S. The molecule has 0 aromatic heterocycles. The topological polar surface area (TPSA) is 41.3 Å². The lowest BCUT2D eigenvalue weighted by molar-refractivity contribution is 0.170. The second-order valence-corrected chi connectivity index (χ2v) is 5.80. The molecule has 0 spiro atoms. The Balaban J connectivity index is 2.26. The Bertz CT molecular complexity index is 679. The first-order valence-electron chi connectivity index (χ1n) is 7.33. The SMILES string of the molecule is CCC1(NC(N)=S)C=CC=CN1CCc1c(F)c(F)cc(F)c1F. The molecule has 24 heavy (non-hydrogen) atoms. The molecule has 1 heterocycles. The predicted molar refractivity (Wildman–Crippen MR) is 87.9 cm³/mol. The minimum absolute atomic E-state index is 0.0657. The van der Waals surface area contributed by atoms with E-state index in [1.165, 1.54) is 0 Å². The van der Waals surface area contributed by atoms with Gasteiger partial charge in [0.25, 0.3) is 0 Å². The zero-order chi connectivity index (χ0) is 17.9.